The summed E-state index contributed by atoms with van der Waals surface area (Å²) in [5, 5.41) is 3.25. The molecule has 0 aliphatic carbocycles. The number of nitrogens with zero attached hydrogens (tertiary/aromatic N) is 2. The highest BCUT2D eigenvalue weighted by molar-refractivity contribution is 6.32. The maximum atomic E-state index is 13.1. The molecule has 2 amide bonds. The standard InChI is InChI=1S/C19H21ClFN3O3/c1-26-17-12-16(18(27-2)11-15(17)20)22-19(25)24-9-7-23(8-10-24)14-5-3-13(21)4-6-14/h3-6,11-12H,7-10H2,1-2H3,(H,22,25). The number of benzene rings is 2. The second-order valence-corrected chi connectivity index (χ2v) is 6.47. The lowest BCUT2D eigenvalue weighted by Gasteiger charge is -2.36. The summed E-state index contributed by atoms with van der Waals surface area (Å²) in [5.74, 6) is 0.650. The third-order valence-corrected chi connectivity index (χ3v) is 4.77. The first-order valence-corrected chi connectivity index (χ1v) is 8.87. The van der Waals surface area contributed by atoms with Crippen molar-refractivity contribution in [2.75, 3.05) is 50.6 Å². The summed E-state index contributed by atoms with van der Waals surface area (Å²) in [6, 6.07) is 9.38. The first kappa shape index (κ1) is 19.1. The van der Waals surface area contributed by atoms with Crippen molar-refractivity contribution in [3.05, 3.63) is 47.2 Å². The van der Waals surface area contributed by atoms with Gasteiger partial charge in [-0.2, -0.15) is 0 Å². The lowest BCUT2D eigenvalue weighted by atomic mass is 10.2. The minimum atomic E-state index is -0.260. The van der Waals surface area contributed by atoms with E-state index in [-0.39, 0.29) is 11.8 Å². The minimum Gasteiger partial charge on any atom is -0.495 e. The van der Waals surface area contributed by atoms with Gasteiger partial charge in [-0.1, -0.05) is 11.6 Å². The van der Waals surface area contributed by atoms with Crippen LogP contribution in [0.5, 0.6) is 11.5 Å². The number of methoxy groups -OCH3 is 2. The van der Waals surface area contributed by atoms with Gasteiger partial charge in [-0.15, -0.1) is 0 Å². The number of hydrogen-bond donors (Lipinski definition) is 1. The van der Waals surface area contributed by atoms with Crippen molar-refractivity contribution in [1.29, 1.82) is 0 Å². The van der Waals surface area contributed by atoms with E-state index in [1.165, 1.54) is 26.4 Å². The maximum absolute atomic E-state index is 13.1. The summed E-state index contributed by atoms with van der Waals surface area (Å²) in [5.41, 5.74) is 1.44. The van der Waals surface area contributed by atoms with Crippen molar-refractivity contribution in [2.24, 2.45) is 0 Å². The highest BCUT2D eigenvalue weighted by Gasteiger charge is 2.22. The highest BCUT2D eigenvalue weighted by Crippen LogP contribution is 2.36. The quantitative estimate of drug-likeness (QED) is 0.857. The fourth-order valence-electron chi connectivity index (χ4n) is 2.97. The van der Waals surface area contributed by atoms with Crippen molar-refractivity contribution in [3.63, 3.8) is 0 Å². The molecule has 2 aromatic carbocycles. The van der Waals surface area contributed by atoms with E-state index in [2.05, 4.69) is 10.2 Å². The van der Waals surface area contributed by atoms with E-state index in [0.717, 1.165) is 5.69 Å². The molecule has 0 atom stereocenters. The molecule has 1 heterocycles. The number of carbonyl (C=O) groups is 1. The van der Waals surface area contributed by atoms with E-state index in [9.17, 15) is 9.18 Å². The fraction of sp³-hybridized carbons (Fsp3) is 0.316. The van der Waals surface area contributed by atoms with Gasteiger partial charge in [0.1, 0.15) is 17.3 Å². The third-order valence-electron chi connectivity index (χ3n) is 4.47. The molecular formula is C19H21ClFN3O3. The van der Waals surface area contributed by atoms with Gasteiger partial charge in [0.25, 0.3) is 0 Å². The highest BCUT2D eigenvalue weighted by atomic mass is 35.5. The maximum Gasteiger partial charge on any atom is 0.322 e. The van der Waals surface area contributed by atoms with Crippen LogP contribution in [0.1, 0.15) is 0 Å². The van der Waals surface area contributed by atoms with Crippen molar-refractivity contribution < 1.29 is 18.7 Å². The second kappa shape index (κ2) is 8.35. The molecule has 1 fully saturated rings. The largest absolute Gasteiger partial charge is 0.495 e. The smallest absolute Gasteiger partial charge is 0.322 e. The Bertz CT molecular complexity index is 809. The molecule has 1 N–H and O–H groups in total. The number of urea groups is 1. The Kier molecular flexibility index (Phi) is 5.91. The zero-order valence-corrected chi connectivity index (χ0v) is 15.9. The van der Waals surface area contributed by atoms with Crippen molar-refractivity contribution in [1.82, 2.24) is 4.90 Å². The first-order valence-electron chi connectivity index (χ1n) is 8.50. The molecule has 1 saturated heterocycles. The molecular weight excluding hydrogens is 373 g/mol. The fourth-order valence-corrected chi connectivity index (χ4v) is 3.20. The zero-order chi connectivity index (χ0) is 19.4. The summed E-state index contributed by atoms with van der Waals surface area (Å²) in [7, 11) is 3.02. The van der Waals surface area contributed by atoms with Gasteiger partial charge in [-0.3, -0.25) is 0 Å². The number of hydrogen-bond acceptors (Lipinski definition) is 4. The zero-order valence-electron chi connectivity index (χ0n) is 15.2. The first-order chi connectivity index (χ1) is 13.0. The Hall–Kier alpha value is -2.67. The normalized spacial score (nSPS) is 14.1. The number of nitrogens with one attached hydrogen (secondary N) is 1. The molecule has 2 aromatic rings. The van der Waals surface area contributed by atoms with Crippen LogP contribution in [0.4, 0.5) is 20.6 Å². The van der Waals surface area contributed by atoms with Crippen LogP contribution < -0.4 is 19.7 Å². The van der Waals surface area contributed by atoms with Crippen molar-refractivity contribution in [2.45, 2.75) is 0 Å². The molecule has 0 radical (unpaired) electrons. The topological polar surface area (TPSA) is 54.0 Å². The van der Waals surface area contributed by atoms with Gasteiger partial charge in [0.2, 0.25) is 0 Å². The average molecular weight is 394 g/mol. The van der Waals surface area contributed by atoms with Gasteiger partial charge in [-0.25, -0.2) is 9.18 Å². The Labute approximate surface area is 162 Å². The van der Waals surface area contributed by atoms with Crippen LogP contribution in [0.15, 0.2) is 36.4 Å². The lowest BCUT2D eigenvalue weighted by Crippen LogP contribution is -2.50. The summed E-state index contributed by atoms with van der Waals surface area (Å²) in [4.78, 5) is 16.5. The minimum absolute atomic E-state index is 0.226. The van der Waals surface area contributed by atoms with Gasteiger partial charge in [-0.05, 0) is 24.3 Å². The van der Waals surface area contributed by atoms with E-state index in [4.69, 9.17) is 21.1 Å². The number of anilines is 2. The molecule has 0 bridgehead atoms. The van der Waals surface area contributed by atoms with E-state index < -0.39 is 0 Å². The van der Waals surface area contributed by atoms with Crippen LogP contribution in [0.25, 0.3) is 0 Å². The molecule has 6 nitrogen and oxygen atoms in total. The van der Waals surface area contributed by atoms with Crippen LogP contribution >= 0.6 is 11.6 Å². The molecule has 0 spiro atoms. The predicted octanol–water partition coefficient (Wildman–Crippen LogP) is 3.85. The monoisotopic (exact) mass is 393 g/mol. The molecule has 27 heavy (non-hydrogen) atoms. The lowest BCUT2D eigenvalue weighted by molar-refractivity contribution is 0.208. The molecule has 3 rings (SSSR count). The Morgan fingerprint density at radius 1 is 1.04 bits per heavy atom. The number of piperazine rings is 1. The SMILES string of the molecule is COc1cc(NC(=O)N2CCN(c3ccc(F)cc3)CC2)c(OC)cc1Cl. The Balaban J connectivity index is 1.64. The molecule has 0 aromatic heterocycles. The Morgan fingerprint density at radius 2 is 1.67 bits per heavy atom. The molecule has 144 valence electrons. The second-order valence-electron chi connectivity index (χ2n) is 6.07. The van der Waals surface area contributed by atoms with Crippen LogP contribution in [0, 0.1) is 5.82 Å². The number of rotatable bonds is 4. The van der Waals surface area contributed by atoms with E-state index in [1.54, 1.807) is 29.2 Å². The van der Waals surface area contributed by atoms with Crippen LogP contribution in [-0.4, -0.2) is 51.3 Å². The predicted molar refractivity (Wildman–Crippen MR) is 104 cm³/mol. The van der Waals surface area contributed by atoms with Gasteiger partial charge in [0, 0.05) is 44.0 Å². The van der Waals surface area contributed by atoms with Gasteiger partial charge in [0.05, 0.1) is 24.9 Å². The number of ether oxygens (including phenoxy) is 2. The summed E-state index contributed by atoms with van der Waals surface area (Å²) in [6.45, 7) is 2.44. The Morgan fingerprint density at radius 3 is 2.26 bits per heavy atom. The van der Waals surface area contributed by atoms with Crippen LogP contribution in [0.3, 0.4) is 0 Å². The molecule has 1 aliphatic rings. The molecule has 1 aliphatic heterocycles. The number of halogens is 2. The molecule has 0 saturated carbocycles. The van der Waals surface area contributed by atoms with Gasteiger partial charge in [0.15, 0.2) is 0 Å². The van der Waals surface area contributed by atoms with Gasteiger partial charge < -0.3 is 24.6 Å². The van der Waals surface area contributed by atoms with E-state index in [1.807, 2.05) is 0 Å². The molecule has 0 unspecified atom stereocenters. The average Bonchev–Trinajstić information content (AvgIpc) is 2.69. The van der Waals surface area contributed by atoms with Gasteiger partial charge >= 0.3 is 6.03 Å². The van der Waals surface area contributed by atoms with Crippen molar-refractivity contribution in [3.8, 4) is 11.5 Å². The summed E-state index contributed by atoms with van der Waals surface area (Å²) < 4.78 is 23.5. The number of amides is 2. The summed E-state index contributed by atoms with van der Waals surface area (Å²) in [6.07, 6.45) is 0. The van der Waals surface area contributed by atoms with Crippen LogP contribution in [-0.2, 0) is 0 Å². The summed E-state index contributed by atoms with van der Waals surface area (Å²) >= 11 is 6.09. The van der Waals surface area contributed by atoms with E-state index in [0.29, 0.717) is 48.4 Å². The third kappa shape index (κ3) is 4.36. The van der Waals surface area contributed by atoms with Crippen molar-refractivity contribution >= 4 is 29.0 Å². The molecule has 8 heteroatoms. The van der Waals surface area contributed by atoms with E-state index >= 15 is 0 Å². The number of carbonyl (C=O) groups excluding carboxylic acids is 1. The van der Waals surface area contributed by atoms with Crippen LogP contribution in [0.2, 0.25) is 5.02 Å².